The number of ether oxygens (including phenoxy) is 1. The van der Waals surface area contributed by atoms with Crippen LogP contribution in [0, 0.1) is 0 Å². The number of amides is 1. The van der Waals surface area contributed by atoms with Gasteiger partial charge in [-0.2, -0.15) is 0 Å². The number of carbonyl (C=O) groups excluding carboxylic acids is 1. The predicted octanol–water partition coefficient (Wildman–Crippen LogP) is 2.22. The molecule has 0 aromatic heterocycles. The van der Waals surface area contributed by atoms with Crippen LogP contribution in [0.15, 0.2) is 18.2 Å². The average molecular weight is 300 g/mol. The fourth-order valence-corrected chi connectivity index (χ4v) is 1.84. The summed E-state index contributed by atoms with van der Waals surface area (Å²) in [6, 6.07) is 4.81. The van der Waals surface area contributed by atoms with Crippen LogP contribution < -0.4 is 11.1 Å². The number of benzene rings is 1. The lowest BCUT2D eigenvalue weighted by molar-refractivity contribution is -0.120. The molecule has 6 heteroatoms. The van der Waals surface area contributed by atoms with Gasteiger partial charge in [-0.3, -0.25) is 9.69 Å². The number of hydrogen-bond donors (Lipinski definition) is 2. The van der Waals surface area contributed by atoms with E-state index in [1.54, 1.807) is 25.3 Å². The monoisotopic (exact) mass is 299 g/mol. The van der Waals surface area contributed by atoms with Crippen molar-refractivity contribution in [3.8, 4) is 0 Å². The number of halogens is 1. The number of nitrogen functional groups attached to an aromatic ring is 1. The molecule has 1 atom stereocenters. The topological polar surface area (TPSA) is 67.6 Å². The Morgan fingerprint density at radius 3 is 2.85 bits per heavy atom. The van der Waals surface area contributed by atoms with Crippen molar-refractivity contribution in [2.75, 3.05) is 38.4 Å². The standard InChI is InChI=1S/C14H22ClN3O2/c1-10(18(2)7-4-8-20-3)14(19)17-11-5-6-12(15)13(16)9-11/h5-6,9-10H,4,7-8,16H2,1-3H3,(H,17,19). The van der Waals surface area contributed by atoms with E-state index < -0.39 is 0 Å². The summed E-state index contributed by atoms with van der Waals surface area (Å²) >= 11 is 5.84. The van der Waals surface area contributed by atoms with Crippen molar-refractivity contribution >= 4 is 28.9 Å². The van der Waals surface area contributed by atoms with Gasteiger partial charge in [0.25, 0.3) is 0 Å². The molecule has 112 valence electrons. The Morgan fingerprint density at radius 1 is 1.55 bits per heavy atom. The van der Waals surface area contributed by atoms with Gasteiger partial charge in [-0.25, -0.2) is 0 Å². The Hall–Kier alpha value is -1.30. The van der Waals surface area contributed by atoms with Crippen LogP contribution in [0.25, 0.3) is 0 Å². The summed E-state index contributed by atoms with van der Waals surface area (Å²) < 4.78 is 5.00. The molecule has 0 bridgehead atoms. The van der Waals surface area contributed by atoms with Gasteiger partial charge in [0, 0.05) is 25.9 Å². The molecule has 0 saturated carbocycles. The van der Waals surface area contributed by atoms with Crippen molar-refractivity contribution in [2.24, 2.45) is 0 Å². The van der Waals surface area contributed by atoms with Gasteiger partial charge in [-0.15, -0.1) is 0 Å². The summed E-state index contributed by atoms with van der Waals surface area (Å²) in [5.74, 6) is -0.0772. The summed E-state index contributed by atoms with van der Waals surface area (Å²) in [7, 11) is 3.58. The van der Waals surface area contributed by atoms with E-state index in [1.165, 1.54) is 0 Å². The summed E-state index contributed by atoms with van der Waals surface area (Å²) in [6.07, 6.45) is 0.887. The molecule has 0 aliphatic heterocycles. The van der Waals surface area contributed by atoms with Gasteiger partial charge in [-0.1, -0.05) is 11.6 Å². The number of hydrogen-bond acceptors (Lipinski definition) is 4. The van der Waals surface area contributed by atoms with Crippen LogP contribution in [-0.4, -0.2) is 44.2 Å². The smallest absolute Gasteiger partial charge is 0.241 e. The first kappa shape index (κ1) is 16.8. The maximum atomic E-state index is 12.1. The van der Waals surface area contributed by atoms with Crippen molar-refractivity contribution in [2.45, 2.75) is 19.4 Å². The first-order chi connectivity index (χ1) is 9.45. The minimum Gasteiger partial charge on any atom is -0.397 e. The van der Waals surface area contributed by atoms with Crippen LogP contribution in [0.5, 0.6) is 0 Å². The number of nitrogens with two attached hydrogens (primary N) is 1. The highest BCUT2D eigenvalue weighted by Crippen LogP contribution is 2.22. The molecule has 0 fully saturated rings. The number of nitrogens with zero attached hydrogens (tertiary/aromatic N) is 1. The minimum absolute atomic E-state index is 0.0772. The predicted molar refractivity (Wildman–Crippen MR) is 83.1 cm³/mol. The summed E-state index contributed by atoms with van der Waals surface area (Å²) in [4.78, 5) is 14.1. The van der Waals surface area contributed by atoms with Gasteiger partial charge in [0.05, 0.1) is 16.8 Å². The zero-order valence-corrected chi connectivity index (χ0v) is 12.9. The second-order valence-electron chi connectivity index (χ2n) is 4.73. The molecule has 20 heavy (non-hydrogen) atoms. The normalized spacial score (nSPS) is 12.4. The summed E-state index contributed by atoms with van der Waals surface area (Å²) in [5.41, 5.74) is 6.80. The number of nitrogens with one attached hydrogen (secondary N) is 1. The molecule has 1 aromatic carbocycles. The minimum atomic E-state index is -0.233. The fraction of sp³-hybridized carbons (Fsp3) is 0.500. The Balaban J connectivity index is 2.54. The zero-order valence-electron chi connectivity index (χ0n) is 12.1. The Labute approximate surface area is 125 Å². The summed E-state index contributed by atoms with van der Waals surface area (Å²) in [6.45, 7) is 3.35. The second kappa shape index (κ2) is 8.09. The molecule has 0 saturated heterocycles. The first-order valence-corrected chi connectivity index (χ1v) is 6.88. The lowest BCUT2D eigenvalue weighted by atomic mass is 10.2. The fourth-order valence-electron chi connectivity index (χ4n) is 1.72. The molecule has 0 spiro atoms. The molecule has 0 aliphatic carbocycles. The Bertz CT molecular complexity index is 454. The molecule has 1 rings (SSSR count). The number of anilines is 2. The van der Waals surface area contributed by atoms with Gasteiger partial charge in [0.1, 0.15) is 0 Å². The van der Waals surface area contributed by atoms with Crippen molar-refractivity contribution in [1.29, 1.82) is 0 Å². The molecule has 1 unspecified atom stereocenters. The quantitative estimate of drug-likeness (QED) is 0.598. The van der Waals surface area contributed by atoms with E-state index in [0.29, 0.717) is 23.0 Å². The van der Waals surface area contributed by atoms with Gasteiger partial charge < -0.3 is 15.8 Å². The van der Waals surface area contributed by atoms with Crippen molar-refractivity contribution in [3.63, 3.8) is 0 Å². The molecule has 0 aliphatic rings. The second-order valence-corrected chi connectivity index (χ2v) is 5.14. The average Bonchev–Trinajstić information content (AvgIpc) is 2.42. The van der Waals surface area contributed by atoms with Crippen LogP contribution in [0.4, 0.5) is 11.4 Å². The number of rotatable bonds is 7. The maximum Gasteiger partial charge on any atom is 0.241 e. The van der Waals surface area contributed by atoms with Gasteiger partial charge >= 0.3 is 0 Å². The molecule has 5 nitrogen and oxygen atoms in total. The van der Waals surface area contributed by atoms with E-state index in [0.717, 1.165) is 13.0 Å². The molecular weight excluding hydrogens is 278 g/mol. The van der Waals surface area contributed by atoms with Crippen molar-refractivity contribution < 1.29 is 9.53 Å². The highest BCUT2D eigenvalue weighted by molar-refractivity contribution is 6.33. The van der Waals surface area contributed by atoms with Crippen LogP contribution >= 0.6 is 11.6 Å². The van der Waals surface area contributed by atoms with Crippen molar-refractivity contribution in [1.82, 2.24) is 4.90 Å². The molecular formula is C14H22ClN3O2. The van der Waals surface area contributed by atoms with E-state index in [2.05, 4.69) is 5.32 Å². The van der Waals surface area contributed by atoms with Crippen LogP contribution in [0.3, 0.4) is 0 Å². The van der Waals surface area contributed by atoms with Gasteiger partial charge in [-0.05, 0) is 38.6 Å². The maximum absolute atomic E-state index is 12.1. The first-order valence-electron chi connectivity index (χ1n) is 6.50. The highest BCUT2D eigenvalue weighted by atomic mass is 35.5. The summed E-state index contributed by atoms with van der Waals surface area (Å²) in [5, 5.41) is 3.31. The van der Waals surface area contributed by atoms with Crippen molar-refractivity contribution in [3.05, 3.63) is 23.2 Å². The van der Waals surface area contributed by atoms with Crippen LogP contribution in [0.1, 0.15) is 13.3 Å². The van der Waals surface area contributed by atoms with Crippen LogP contribution in [0.2, 0.25) is 5.02 Å². The Kier molecular flexibility index (Phi) is 6.78. The number of methoxy groups -OCH3 is 1. The third-order valence-electron chi connectivity index (χ3n) is 3.16. The van der Waals surface area contributed by atoms with Gasteiger partial charge in [0.2, 0.25) is 5.91 Å². The lowest BCUT2D eigenvalue weighted by Crippen LogP contribution is -2.40. The molecule has 0 radical (unpaired) electrons. The third kappa shape index (κ3) is 5.00. The van der Waals surface area contributed by atoms with Gasteiger partial charge in [0.15, 0.2) is 0 Å². The largest absolute Gasteiger partial charge is 0.397 e. The molecule has 1 amide bonds. The van der Waals surface area contributed by atoms with E-state index >= 15 is 0 Å². The Morgan fingerprint density at radius 2 is 2.25 bits per heavy atom. The van der Waals surface area contributed by atoms with E-state index in [4.69, 9.17) is 22.1 Å². The van der Waals surface area contributed by atoms with E-state index in [9.17, 15) is 4.79 Å². The van der Waals surface area contributed by atoms with Crippen LogP contribution in [-0.2, 0) is 9.53 Å². The van der Waals surface area contributed by atoms with E-state index in [1.807, 2.05) is 18.9 Å². The van der Waals surface area contributed by atoms with E-state index in [-0.39, 0.29) is 11.9 Å². The highest BCUT2D eigenvalue weighted by Gasteiger charge is 2.17. The zero-order chi connectivity index (χ0) is 15.1. The number of carbonyl (C=O) groups is 1. The number of likely N-dealkylation sites (N-methyl/N-ethyl adjacent to an activating group) is 1. The molecule has 0 heterocycles. The SMILES string of the molecule is COCCCN(C)C(C)C(=O)Nc1ccc(Cl)c(N)c1. The lowest BCUT2D eigenvalue weighted by Gasteiger charge is -2.23. The third-order valence-corrected chi connectivity index (χ3v) is 3.51. The molecule has 1 aromatic rings. The molecule has 3 N–H and O–H groups in total.